The Balaban J connectivity index is 1.23. The fourth-order valence-electron chi connectivity index (χ4n) is 4.31. The molecule has 2 aromatic rings. The van der Waals surface area contributed by atoms with Gasteiger partial charge in [0.05, 0.1) is 0 Å². The van der Waals surface area contributed by atoms with E-state index in [1.165, 1.54) is 49.2 Å². The molecule has 4 rings (SSSR count). The third kappa shape index (κ3) is 4.95. The molecule has 1 aromatic heterocycles. The highest BCUT2D eigenvalue weighted by atomic mass is 32.1. The van der Waals surface area contributed by atoms with Crippen molar-refractivity contribution in [3.63, 3.8) is 0 Å². The normalized spacial score (nSPS) is 22.0. The summed E-state index contributed by atoms with van der Waals surface area (Å²) >= 11 is 1.87. The second-order valence-electron chi connectivity index (χ2n) is 8.28. The molecule has 2 aliphatic rings. The van der Waals surface area contributed by atoms with Gasteiger partial charge < -0.3 is 10.6 Å². The molecule has 4 nitrogen and oxygen atoms in total. The van der Waals surface area contributed by atoms with Crippen molar-refractivity contribution >= 4 is 17.3 Å². The van der Waals surface area contributed by atoms with Crippen LogP contribution in [0.25, 0.3) is 0 Å². The van der Waals surface area contributed by atoms with Gasteiger partial charge in [-0.05, 0) is 55.2 Å². The number of aliphatic imine (C=N–C) groups is 1. The molecule has 1 saturated heterocycles. The minimum atomic E-state index is 0.307. The van der Waals surface area contributed by atoms with E-state index in [0.29, 0.717) is 11.3 Å². The van der Waals surface area contributed by atoms with Crippen LogP contribution in [0.2, 0.25) is 0 Å². The van der Waals surface area contributed by atoms with Gasteiger partial charge in [-0.2, -0.15) is 0 Å². The summed E-state index contributed by atoms with van der Waals surface area (Å²) in [5.74, 6) is 1.63. The lowest BCUT2D eigenvalue weighted by Crippen LogP contribution is -2.45. The largest absolute Gasteiger partial charge is 0.356 e. The van der Waals surface area contributed by atoms with E-state index in [2.05, 4.69) is 68.4 Å². The van der Waals surface area contributed by atoms with E-state index in [-0.39, 0.29) is 0 Å². The SMILES string of the molecule is CN=C(NCC1CCCN(Cc2cccs2)C1)NCC1(c2ccccc2)CC1. The lowest BCUT2D eigenvalue weighted by Gasteiger charge is -2.32. The van der Waals surface area contributed by atoms with Crippen LogP contribution in [0.15, 0.2) is 52.8 Å². The average molecular weight is 397 g/mol. The summed E-state index contributed by atoms with van der Waals surface area (Å²) in [6, 6.07) is 15.3. The van der Waals surface area contributed by atoms with Gasteiger partial charge in [0.15, 0.2) is 5.96 Å². The predicted molar refractivity (Wildman–Crippen MR) is 119 cm³/mol. The van der Waals surface area contributed by atoms with Gasteiger partial charge >= 0.3 is 0 Å². The highest BCUT2D eigenvalue weighted by molar-refractivity contribution is 7.09. The maximum absolute atomic E-state index is 4.46. The number of rotatable bonds is 7. The van der Waals surface area contributed by atoms with Crippen LogP contribution in [0.3, 0.4) is 0 Å². The summed E-state index contributed by atoms with van der Waals surface area (Å²) in [6.45, 7) is 5.46. The summed E-state index contributed by atoms with van der Waals surface area (Å²) < 4.78 is 0. The Hall–Kier alpha value is -1.85. The zero-order valence-electron chi connectivity index (χ0n) is 16.9. The molecule has 0 spiro atoms. The Bertz CT molecular complexity index is 752. The molecular formula is C23H32N4S. The first-order chi connectivity index (χ1) is 13.8. The molecule has 1 aliphatic heterocycles. The molecule has 1 aromatic carbocycles. The van der Waals surface area contributed by atoms with Gasteiger partial charge in [-0.3, -0.25) is 9.89 Å². The van der Waals surface area contributed by atoms with Crippen LogP contribution < -0.4 is 10.6 Å². The Morgan fingerprint density at radius 2 is 2.04 bits per heavy atom. The zero-order chi connectivity index (χ0) is 19.2. The lowest BCUT2D eigenvalue weighted by molar-refractivity contribution is 0.169. The van der Waals surface area contributed by atoms with Crippen molar-refractivity contribution in [3.05, 3.63) is 58.3 Å². The van der Waals surface area contributed by atoms with Gasteiger partial charge in [-0.15, -0.1) is 11.3 Å². The van der Waals surface area contributed by atoms with Crippen LogP contribution in [0.4, 0.5) is 0 Å². The molecule has 1 saturated carbocycles. The number of likely N-dealkylation sites (tertiary alicyclic amines) is 1. The maximum atomic E-state index is 4.46. The van der Waals surface area contributed by atoms with Gasteiger partial charge in [0, 0.05) is 43.5 Å². The quantitative estimate of drug-likeness (QED) is 0.551. The van der Waals surface area contributed by atoms with Crippen molar-refractivity contribution in [2.75, 3.05) is 33.2 Å². The van der Waals surface area contributed by atoms with Crippen LogP contribution in [0, 0.1) is 5.92 Å². The average Bonchev–Trinajstić information content (AvgIpc) is 3.36. The third-order valence-electron chi connectivity index (χ3n) is 6.18. The van der Waals surface area contributed by atoms with Crippen LogP contribution in [-0.4, -0.2) is 44.1 Å². The molecular weight excluding hydrogens is 364 g/mol. The number of piperidine rings is 1. The van der Waals surface area contributed by atoms with E-state index in [1.807, 2.05) is 18.4 Å². The number of thiophene rings is 1. The van der Waals surface area contributed by atoms with Gasteiger partial charge in [-0.25, -0.2) is 0 Å². The van der Waals surface area contributed by atoms with Crippen molar-refractivity contribution in [1.82, 2.24) is 15.5 Å². The minimum absolute atomic E-state index is 0.307. The number of hydrogen-bond donors (Lipinski definition) is 2. The standard InChI is InChI=1S/C23H32N4S/c1-24-22(26-18-23(11-12-23)20-8-3-2-4-9-20)25-15-19-7-5-13-27(16-19)17-21-10-6-14-28-21/h2-4,6,8-10,14,19H,5,7,11-13,15-18H2,1H3,(H2,24,25,26). The van der Waals surface area contributed by atoms with Crippen molar-refractivity contribution < 1.29 is 0 Å². The summed E-state index contributed by atoms with van der Waals surface area (Å²) in [5, 5.41) is 9.35. The Kier molecular flexibility index (Phi) is 6.33. The third-order valence-corrected chi connectivity index (χ3v) is 7.04. The van der Waals surface area contributed by atoms with Crippen molar-refractivity contribution in [2.45, 2.75) is 37.6 Å². The first-order valence-corrected chi connectivity index (χ1v) is 11.4. The fraction of sp³-hybridized carbons (Fsp3) is 0.522. The van der Waals surface area contributed by atoms with Gasteiger partial charge in [0.25, 0.3) is 0 Å². The van der Waals surface area contributed by atoms with Gasteiger partial charge in [0.1, 0.15) is 0 Å². The van der Waals surface area contributed by atoms with E-state index < -0.39 is 0 Å². The lowest BCUT2D eigenvalue weighted by atomic mass is 9.96. The second kappa shape index (κ2) is 9.10. The summed E-state index contributed by atoms with van der Waals surface area (Å²) in [5.41, 5.74) is 1.76. The fourth-order valence-corrected chi connectivity index (χ4v) is 5.06. The van der Waals surface area contributed by atoms with Crippen LogP contribution >= 0.6 is 11.3 Å². The number of nitrogens with zero attached hydrogens (tertiary/aromatic N) is 2. The highest BCUT2D eigenvalue weighted by Gasteiger charge is 2.44. The Morgan fingerprint density at radius 1 is 1.18 bits per heavy atom. The number of benzene rings is 1. The maximum Gasteiger partial charge on any atom is 0.191 e. The summed E-state index contributed by atoms with van der Waals surface area (Å²) in [7, 11) is 1.88. The molecule has 2 N–H and O–H groups in total. The smallest absolute Gasteiger partial charge is 0.191 e. The van der Waals surface area contributed by atoms with Crippen LogP contribution in [0.5, 0.6) is 0 Å². The zero-order valence-corrected chi connectivity index (χ0v) is 17.7. The molecule has 0 bridgehead atoms. The molecule has 5 heteroatoms. The van der Waals surface area contributed by atoms with Crippen LogP contribution in [0.1, 0.15) is 36.1 Å². The van der Waals surface area contributed by atoms with Crippen molar-refractivity contribution in [2.24, 2.45) is 10.9 Å². The van der Waals surface area contributed by atoms with E-state index >= 15 is 0 Å². The highest BCUT2D eigenvalue weighted by Crippen LogP contribution is 2.47. The van der Waals surface area contributed by atoms with Crippen LogP contribution in [-0.2, 0) is 12.0 Å². The first kappa shape index (κ1) is 19.5. The monoisotopic (exact) mass is 396 g/mol. The van der Waals surface area contributed by atoms with E-state index in [0.717, 1.165) is 25.6 Å². The van der Waals surface area contributed by atoms with Gasteiger partial charge in [-0.1, -0.05) is 36.4 Å². The summed E-state index contributed by atoms with van der Waals surface area (Å²) in [4.78, 5) is 8.54. The second-order valence-corrected chi connectivity index (χ2v) is 9.31. The molecule has 0 radical (unpaired) electrons. The van der Waals surface area contributed by atoms with Crippen molar-refractivity contribution in [3.8, 4) is 0 Å². The molecule has 150 valence electrons. The van der Waals surface area contributed by atoms with Gasteiger partial charge in [0.2, 0.25) is 0 Å². The molecule has 28 heavy (non-hydrogen) atoms. The summed E-state index contributed by atoms with van der Waals surface area (Å²) in [6.07, 6.45) is 5.13. The topological polar surface area (TPSA) is 39.7 Å². The molecule has 2 heterocycles. The molecule has 1 aliphatic carbocycles. The number of nitrogens with one attached hydrogen (secondary N) is 2. The Labute approximate surface area is 173 Å². The minimum Gasteiger partial charge on any atom is -0.356 e. The molecule has 1 unspecified atom stereocenters. The first-order valence-electron chi connectivity index (χ1n) is 10.5. The molecule has 0 amide bonds. The van der Waals surface area contributed by atoms with Crippen molar-refractivity contribution in [1.29, 1.82) is 0 Å². The molecule has 2 fully saturated rings. The Morgan fingerprint density at radius 3 is 2.75 bits per heavy atom. The number of hydrogen-bond acceptors (Lipinski definition) is 3. The van der Waals surface area contributed by atoms with E-state index in [9.17, 15) is 0 Å². The van der Waals surface area contributed by atoms with E-state index in [1.54, 1.807) is 0 Å². The molecule has 1 atom stereocenters. The number of guanidine groups is 1. The predicted octanol–water partition coefficient (Wildman–Crippen LogP) is 3.86. The van der Waals surface area contributed by atoms with E-state index in [4.69, 9.17) is 0 Å².